The standard InChI is InChI=1S/C64H57BN2O2/c1-34-25-44(41-26-39-40-27-48-49(63(7,8)24-23-62(48,5)6)31-46(40)64(9,10)47(39)32-51(41)66-36-21-19-35(20-22-36)61(2,3)4)59-60-58(34)45-30-56-43(38-16-12-14-18-55(38)68-56)29-52(45)67(60)53-33-57-42(28-50(53)65-59)37-15-11-13-17-54(37)69-57/h11-22,25-33,65-66H,23-24H2,1-10H3. The molecule has 3 aliphatic rings. The number of anilines is 2. The van der Waals surface area contributed by atoms with Crippen LogP contribution in [0.5, 0.6) is 0 Å². The van der Waals surface area contributed by atoms with Crippen LogP contribution < -0.4 is 16.2 Å². The van der Waals surface area contributed by atoms with Gasteiger partial charge in [-0.15, -0.1) is 0 Å². The molecule has 0 amide bonds. The summed E-state index contributed by atoms with van der Waals surface area (Å²) in [7, 11) is 0.780. The van der Waals surface area contributed by atoms with Crippen molar-refractivity contribution in [2.75, 3.05) is 5.32 Å². The molecule has 338 valence electrons. The van der Waals surface area contributed by atoms with Gasteiger partial charge < -0.3 is 18.7 Å². The molecule has 0 unspecified atom stereocenters. The van der Waals surface area contributed by atoms with Crippen LogP contribution in [0.15, 0.2) is 136 Å². The van der Waals surface area contributed by atoms with Crippen LogP contribution in [0.3, 0.4) is 0 Å². The molecule has 5 heteroatoms. The van der Waals surface area contributed by atoms with Gasteiger partial charge >= 0.3 is 0 Å². The predicted octanol–water partition coefficient (Wildman–Crippen LogP) is 16.0. The number of aryl methyl sites for hydroxylation is 1. The zero-order chi connectivity index (χ0) is 47.3. The average Bonchev–Trinajstić information content (AvgIpc) is 4.03. The molecule has 0 radical (unpaired) electrons. The molecule has 14 rings (SSSR count). The maximum atomic E-state index is 6.63. The van der Waals surface area contributed by atoms with Crippen molar-refractivity contribution >= 4 is 95.3 Å². The maximum Gasteiger partial charge on any atom is 0.198 e. The second-order valence-corrected chi connectivity index (χ2v) is 23.7. The van der Waals surface area contributed by atoms with Gasteiger partial charge in [0.05, 0.1) is 5.52 Å². The van der Waals surface area contributed by atoms with Crippen LogP contribution in [0.25, 0.3) is 93.6 Å². The molecule has 0 bridgehead atoms. The lowest BCUT2D eigenvalue weighted by molar-refractivity contribution is 0.331. The summed E-state index contributed by atoms with van der Waals surface area (Å²) >= 11 is 0. The van der Waals surface area contributed by atoms with Crippen LogP contribution in [-0.4, -0.2) is 11.8 Å². The van der Waals surface area contributed by atoms with Crippen LogP contribution in [0.2, 0.25) is 0 Å². The molecular weight excluding hydrogens is 840 g/mol. The predicted molar refractivity (Wildman–Crippen MR) is 293 cm³/mol. The molecule has 0 spiro atoms. The molecule has 11 aromatic rings. The number of furan rings is 2. The van der Waals surface area contributed by atoms with Crippen molar-refractivity contribution in [3.05, 3.63) is 161 Å². The first-order chi connectivity index (χ1) is 32.9. The summed E-state index contributed by atoms with van der Waals surface area (Å²) in [6.45, 7) is 23.9. The molecule has 0 saturated carbocycles. The minimum Gasteiger partial charge on any atom is -0.456 e. The van der Waals surface area contributed by atoms with Crippen molar-refractivity contribution in [3.63, 3.8) is 0 Å². The first-order valence-electron chi connectivity index (χ1n) is 25.1. The second kappa shape index (κ2) is 13.4. The van der Waals surface area contributed by atoms with Gasteiger partial charge in [0, 0.05) is 71.9 Å². The first-order valence-corrected chi connectivity index (χ1v) is 25.1. The van der Waals surface area contributed by atoms with E-state index in [1.165, 1.54) is 107 Å². The number of hydrogen-bond donors (Lipinski definition) is 1. The number of aromatic nitrogens is 1. The Hall–Kier alpha value is -6.98. The SMILES string of the molecule is Cc1cc(-c2cc3c(cc2Nc2ccc(C(C)(C)C)cc2)C(C)(C)c2cc4c(cc2-3)C(C)(C)CCC4(C)C)c2c3c1c1cc4oc5ccccc5c4cc1n3-c1cc3oc4ccccc4c3cc1B2. The Balaban J connectivity index is 1.08. The van der Waals surface area contributed by atoms with E-state index in [1.54, 1.807) is 0 Å². The fraction of sp³-hybridized carbons (Fsp3) is 0.250. The molecule has 4 nitrogen and oxygen atoms in total. The maximum absolute atomic E-state index is 6.63. The summed E-state index contributed by atoms with van der Waals surface area (Å²) in [5, 5.41) is 11.1. The highest BCUT2D eigenvalue weighted by atomic mass is 16.3. The second-order valence-electron chi connectivity index (χ2n) is 23.7. The molecule has 0 fully saturated rings. The van der Waals surface area contributed by atoms with E-state index in [4.69, 9.17) is 8.83 Å². The number of rotatable bonds is 3. The van der Waals surface area contributed by atoms with E-state index < -0.39 is 0 Å². The summed E-state index contributed by atoms with van der Waals surface area (Å²) in [5.74, 6) is 0. The Bertz CT molecular complexity index is 4090. The van der Waals surface area contributed by atoms with Gasteiger partial charge in [-0.3, -0.25) is 0 Å². The quantitative estimate of drug-likeness (QED) is 0.180. The van der Waals surface area contributed by atoms with Gasteiger partial charge in [0.2, 0.25) is 0 Å². The van der Waals surface area contributed by atoms with Crippen LogP contribution in [0, 0.1) is 6.92 Å². The number of para-hydroxylation sites is 2. The van der Waals surface area contributed by atoms with Gasteiger partial charge in [0.25, 0.3) is 0 Å². The summed E-state index contributed by atoms with van der Waals surface area (Å²) < 4.78 is 15.8. The zero-order valence-electron chi connectivity index (χ0n) is 41.5. The smallest absolute Gasteiger partial charge is 0.198 e. The van der Waals surface area contributed by atoms with Crippen LogP contribution in [0.4, 0.5) is 11.4 Å². The number of nitrogens with zero attached hydrogens (tertiary/aromatic N) is 1. The van der Waals surface area contributed by atoms with Gasteiger partial charge in [-0.1, -0.05) is 135 Å². The Kier molecular flexibility index (Phi) is 7.98. The van der Waals surface area contributed by atoms with Gasteiger partial charge in [-0.05, 0) is 146 Å². The monoisotopic (exact) mass is 896 g/mol. The number of hydrogen-bond acceptors (Lipinski definition) is 3. The molecule has 2 aliphatic carbocycles. The summed E-state index contributed by atoms with van der Waals surface area (Å²) in [6, 6.07) is 48.2. The van der Waals surface area contributed by atoms with Crippen LogP contribution in [-0.2, 0) is 21.7 Å². The van der Waals surface area contributed by atoms with Crippen molar-refractivity contribution in [3.8, 4) is 27.9 Å². The summed E-state index contributed by atoms with van der Waals surface area (Å²) in [4.78, 5) is 0. The van der Waals surface area contributed by atoms with Gasteiger partial charge in [-0.25, -0.2) is 0 Å². The molecule has 1 N–H and O–H groups in total. The highest BCUT2D eigenvalue weighted by molar-refractivity contribution is 6.74. The van der Waals surface area contributed by atoms with Gasteiger partial charge in [0.15, 0.2) is 7.28 Å². The van der Waals surface area contributed by atoms with Crippen LogP contribution in [0.1, 0.15) is 109 Å². The van der Waals surface area contributed by atoms with E-state index >= 15 is 0 Å². The van der Waals surface area contributed by atoms with E-state index in [2.05, 4.69) is 207 Å². The lowest BCUT2D eigenvalue weighted by atomic mass is 9.58. The van der Waals surface area contributed by atoms with Gasteiger partial charge in [-0.2, -0.15) is 0 Å². The largest absolute Gasteiger partial charge is 0.456 e. The Labute approximate surface area is 404 Å². The van der Waals surface area contributed by atoms with Crippen molar-refractivity contribution < 1.29 is 8.83 Å². The lowest BCUT2D eigenvalue weighted by Gasteiger charge is -2.42. The third-order valence-electron chi connectivity index (χ3n) is 17.1. The first kappa shape index (κ1) is 41.0. The molecule has 8 aromatic carbocycles. The molecule has 4 heterocycles. The van der Waals surface area contributed by atoms with E-state index in [0.717, 1.165) is 62.5 Å². The molecule has 3 aromatic heterocycles. The van der Waals surface area contributed by atoms with E-state index in [9.17, 15) is 0 Å². The summed E-state index contributed by atoms with van der Waals surface area (Å²) in [6.07, 6.45) is 2.38. The topological polar surface area (TPSA) is 43.2 Å². The van der Waals surface area contributed by atoms with Crippen molar-refractivity contribution in [1.82, 2.24) is 4.57 Å². The molecule has 0 saturated heterocycles. The number of nitrogens with one attached hydrogen (secondary N) is 1. The molecule has 0 atom stereocenters. The molecule has 69 heavy (non-hydrogen) atoms. The lowest BCUT2D eigenvalue weighted by Crippen LogP contribution is -2.37. The Morgan fingerprint density at radius 2 is 1.16 bits per heavy atom. The highest BCUT2D eigenvalue weighted by Crippen LogP contribution is 2.56. The van der Waals surface area contributed by atoms with Crippen molar-refractivity contribution in [1.29, 1.82) is 0 Å². The van der Waals surface area contributed by atoms with Crippen molar-refractivity contribution in [2.45, 2.75) is 104 Å². The molecule has 1 aliphatic heterocycles. The Morgan fingerprint density at radius 1 is 0.551 bits per heavy atom. The van der Waals surface area contributed by atoms with E-state index in [1.807, 2.05) is 0 Å². The number of benzene rings is 8. The normalized spacial score (nSPS) is 16.3. The third-order valence-corrected chi connectivity index (χ3v) is 17.1. The average molecular weight is 897 g/mol. The van der Waals surface area contributed by atoms with Crippen molar-refractivity contribution in [2.24, 2.45) is 0 Å². The van der Waals surface area contributed by atoms with E-state index in [0.29, 0.717) is 0 Å². The summed E-state index contributed by atoms with van der Waals surface area (Å²) in [5.41, 5.74) is 25.9. The fourth-order valence-corrected chi connectivity index (χ4v) is 13.1. The molecular formula is C64H57BN2O2. The minimum atomic E-state index is -0.193. The van der Waals surface area contributed by atoms with Crippen LogP contribution >= 0.6 is 0 Å². The highest BCUT2D eigenvalue weighted by Gasteiger charge is 2.43. The fourth-order valence-electron chi connectivity index (χ4n) is 13.1. The third kappa shape index (κ3) is 5.65. The number of fused-ring (bicyclic) bond motifs is 15. The van der Waals surface area contributed by atoms with E-state index in [-0.39, 0.29) is 21.7 Å². The Morgan fingerprint density at radius 3 is 1.84 bits per heavy atom. The zero-order valence-corrected chi connectivity index (χ0v) is 41.5. The minimum absolute atomic E-state index is 0.0592. The van der Waals surface area contributed by atoms with Gasteiger partial charge in [0.1, 0.15) is 22.3 Å².